The monoisotopic (exact) mass is 414 g/mol. The van der Waals surface area contributed by atoms with Gasteiger partial charge in [0.2, 0.25) is 0 Å². The summed E-state index contributed by atoms with van der Waals surface area (Å²) in [5.74, 6) is -0.968. The second-order valence-electron chi connectivity index (χ2n) is 7.50. The summed E-state index contributed by atoms with van der Waals surface area (Å²) >= 11 is 0. The molecule has 0 bridgehead atoms. The third-order valence-electron chi connectivity index (χ3n) is 5.60. The van der Waals surface area contributed by atoms with Crippen LogP contribution in [-0.4, -0.2) is 38.9 Å². The topological polar surface area (TPSA) is 90.3 Å². The Bertz CT molecular complexity index is 1060. The summed E-state index contributed by atoms with van der Waals surface area (Å²) in [6.07, 6.45) is 4.76. The van der Waals surface area contributed by atoms with Crippen LogP contribution in [0.3, 0.4) is 0 Å². The smallest absolute Gasteiger partial charge is 0.332 e. The predicted molar refractivity (Wildman–Crippen MR) is 114 cm³/mol. The summed E-state index contributed by atoms with van der Waals surface area (Å²) in [5.41, 5.74) is 5.37. The van der Waals surface area contributed by atoms with Gasteiger partial charge in [0, 0.05) is 12.6 Å². The first-order valence-corrected chi connectivity index (χ1v) is 10.1. The van der Waals surface area contributed by atoms with Crippen LogP contribution in [0.1, 0.15) is 42.1 Å². The number of Topliss-reactive ketones (excluding diaryl/α,β-unsaturated/α-hetero) is 1. The van der Waals surface area contributed by atoms with E-state index in [4.69, 9.17) is 5.73 Å². The summed E-state index contributed by atoms with van der Waals surface area (Å²) in [5, 5.41) is 0. The van der Waals surface area contributed by atoms with Gasteiger partial charge in [0.15, 0.2) is 5.78 Å². The van der Waals surface area contributed by atoms with Gasteiger partial charge in [-0.25, -0.2) is 9.18 Å². The van der Waals surface area contributed by atoms with E-state index < -0.39 is 22.8 Å². The number of benzene rings is 1. The lowest BCUT2D eigenvalue weighted by molar-refractivity contribution is 0.0879. The van der Waals surface area contributed by atoms with Gasteiger partial charge in [-0.3, -0.25) is 23.6 Å². The minimum atomic E-state index is -0.674. The van der Waals surface area contributed by atoms with Gasteiger partial charge in [0.25, 0.3) is 5.56 Å². The molecule has 0 radical (unpaired) electrons. The van der Waals surface area contributed by atoms with Crippen LogP contribution >= 0.6 is 0 Å². The number of ketones is 1. The Hall–Kier alpha value is -3.00. The van der Waals surface area contributed by atoms with E-state index in [0.29, 0.717) is 5.56 Å². The Morgan fingerprint density at radius 1 is 1.23 bits per heavy atom. The minimum Gasteiger partial charge on any atom is -0.384 e. The van der Waals surface area contributed by atoms with Gasteiger partial charge in [-0.1, -0.05) is 24.6 Å². The van der Waals surface area contributed by atoms with E-state index in [1.165, 1.54) is 28.8 Å². The molecule has 1 fully saturated rings. The molecule has 160 valence electrons. The number of nitrogen functional groups attached to an aromatic ring is 1. The van der Waals surface area contributed by atoms with Gasteiger partial charge in [-0.2, -0.15) is 0 Å². The Morgan fingerprint density at radius 3 is 2.57 bits per heavy atom. The first-order valence-electron chi connectivity index (χ1n) is 10.1. The molecule has 3 rings (SSSR count). The highest BCUT2D eigenvalue weighted by molar-refractivity contribution is 6.01. The van der Waals surface area contributed by atoms with Crippen molar-refractivity contribution in [2.24, 2.45) is 0 Å². The number of carbonyl (C=O) groups is 1. The number of piperidine rings is 1. The van der Waals surface area contributed by atoms with Crippen LogP contribution in [0.5, 0.6) is 0 Å². The quantitative estimate of drug-likeness (QED) is 0.553. The highest BCUT2D eigenvalue weighted by Crippen LogP contribution is 2.19. The van der Waals surface area contributed by atoms with Crippen molar-refractivity contribution >= 4 is 11.6 Å². The molecular formula is C22H27FN4O3. The number of nitrogens with zero attached hydrogens (tertiary/aromatic N) is 3. The molecule has 1 saturated heterocycles. The normalized spacial score (nSPS) is 17.1. The van der Waals surface area contributed by atoms with Crippen LogP contribution in [-0.2, 0) is 13.1 Å². The second kappa shape index (κ2) is 9.21. The largest absolute Gasteiger partial charge is 0.384 e. The molecule has 30 heavy (non-hydrogen) atoms. The van der Waals surface area contributed by atoms with Crippen molar-refractivity contribution in [1.82, 2.24) is 14.0 Å². The number of aromatic nitrogens is 2. The highest BCUT2D eigenvalue weighted by Gasteiger charge is 2.27. The SMILES string of the molecule is C=C[C@H]1CCCCN1CC(=O)c1c(N)n(Cc2ccc(F)cc2)c(=O)n(CC)c1=O. The van der Waals surface area contributed by atoms with Crippen LogP contribution < -0.4 is 17.0 Å². The highest BCUT2D eigenvalue weighted by atomic mass is 19.1. The van der Waals surface area contributed by atoms with Gasteiger partial charge < -0.3 is 5.73 Å². The average Bonchev–Trinajstić information content (AvgIpc) is 2.73. The fourth-order valence-electron chi connectivity index (χ4n) is 3.92. The lowest BCUT2D eigenvalue weighted by atomic mass is 10.0. The molecular weight excluding hydrogens is 387 g/mol. The number of nitrogens with two attached hydrogens (primary N) is 1. The molecule has 1 aromatic heterocycles. The van der Waals surface area contributed by atoms with Gasteiger partial charge in [0.05, 0.1) is 13.1 Å². The van der Waals surface area contributed by atoms with Gasteiger partial charge in [-0.15, -0.1) is 6.58 Å². The Kier molecular flexibility index (Phi) is 6.66. The third kappa shape index (κ3) is 4.28. The Balaban J connectivity index is 2.02. The maximum absolute atomic E-state index is 13.2. The molecule has 1 aromatic carbocycles. The molecule has 0 amide bonds. The van der Waals surface area contributed by atoms with Crippen molar-refractivity contribution in [3.05, 3.63) is 74.7 Å². The summed E-state index contributed by atoms with van der Waals surface area (Å²) in [6.45, 7) is 6.42. The zero-order valence-electron chi connectivity index (χ0n) is 17.1. The molecule has 0 unspecified atom stereocenters. The molecule has 0 aliphatic carbocycles. The summed E-state index contributed by atoms with van der Waals surface area (Å²) in [6, 6.07) is 5.70. The van der Waals surface area contributed by atoms with Crippen LogP contribution in [0.2, 0.25) is 0 Å². The summed E-state index contributed by atoms with van der Waals surface area (Å²) in [7, 11) is 0. The third-order valence-corrected chi connectivity index (χ3v) is 5.60. The van der Waals surface area contributed by atoms with Gasteiger partial charge in [0.1, 0.15) is 17.2 Å². The van der Waals surface area contributed by atoms with E-state index in [-0.39, 0.29) is 37.1 Å². The number of anilines is 1. The molecule has 1 aliphatic heterocycles. The first-order chi connectivity index (χ1) is 14.4. The first kappa shape index (κ1) is 21.7. The van der Waals surface area contributed by atoms with E-state index in [0.717, 1.165) is 30.4 Å². The molecule has 7 nitrogen and oxygen atoms in total. The van der Waals surface area contributed by atoms with E-state index in [9.17, 15) is 18.8 Å². The molecule has 1 aliphatic rings. The van der Waals surface area contributed by atoms with Crippen molar-refractivity contribution in [2.75, 3.05) is 18.8 Å². The van der Waals surface area contributed by atoms with Gasteiger partial charge >= 0.3 is 5.69 Å². The Morgan fingerprint density at radius 2 is 1.93 bits per heavy atom. The minimum absolute atomic E-state index is 0.0322. The van der Waals surface area contributed by atoms with Crippen molar-refractivity contribution in [2.45, 2.75) is 45.3 Å². The Labute approximate surface area is 174 Å². The van der Waals surface area contributed by atoms with Crippen molar-refractivity contribution < 1.29 is 9.18 Å². The van der Waals surface area contributed by atoms with Gasteiger partial charge in [-0.05, 0) is 44.0 Å². The number of hydrogen-bond acceptors (Lipinski definition) is 5. The van der Waals surface area contributed by atoms with Crippen LogP contribution in [0.4, 0.5) is 10.2 Å². The van der Waals surface area contributed by atoms with E-state index >= 15 is 0 Å². The van der Waals surface area contributed by atoms with Crippen LogP contribution in [0, 0.1) is 5.82 Å². The number of rotatable bonds is 7. The van der Waals surface area contributed by atoms with Crippen molar-refractivity contribution in [3.8, 4) is 0 Å². The maximum atomic E-state index is 13.2. The van der Waals surface area contributed by atoms with Crippen molar-refractivity contribution in [3.63, 3.8) is 0 Å². The lowest BCUT2D eigenvalue weighted by Crippen LogP contribution is -2.47. The zero-order valence-corrected chi connectivity index (χ0v) is 17.1. The second-order valence-corrected chi connectivity index (χ2v) is 7.50. The van der Waals surface area contributed by atoms with E-state index in [2.05, 4.69) is 6.58 Å². The zero-order chi connectivity index (χ0) is 21.8. The molecule has 0 spiro atoms. The standard InChI is InChI=1S/C22H27FN4O3/c1-3-17-7-5-6-12-25(17)14-18(28)19-20(24)27(22(30)26(4-2)21(19)29)13-15-8-10-16(23)11-9-15/h3,8-11,17H,1,4-7,12-14,24H2,2H3/t17-/m0/s1. The van der Waals surface area contributed by atoms with E-state index in [1.807, 2.05) is 11.0 Å². The molecule has 0 saturated carbocycles. The lowest BCUT2D eigenvalue weighted by Gasteiger charge is -2.33. The molecule has 2 heterocycles. The van der Waals surface area contributed by atoms with Crippen molar-refractivity contribution in [1.29, 1.82) is 0 Å². The molecule has 2 N–H and O–H groups in total. The number of hydrogen-bond donors (Lipinski definition) is 1. The molecule has 8 heteroatoms. The van der Waals surface area contributed by atoms with E-state index in [1.54, 1.807) is 6.92 Å². The number of likely N-dealkylation sites (tertiary alicyclic amines) is 1. The summed E-state index contributed by atoms with van der Waals surface area (Å²) in [4.78, 5) is 40.8. The molecule has 1 atom stereocenters. The predicted octanol–water partition coefficient (Wildman–Crippen LogP) is 2.02. The average molecular weight is 414 g/mol. The van der Waals surface area contributed by atoms with Crippen LogP contribution in [0.15, 0.2) is 46.5 Å². The maximum Gasteiger partial charge on any atom is 0.332 e. The van der Waals surface area contributed by atoms with Crippen LogP contribution in [0.25, 0.3) is 0 Å². The molecule has 2 aromatic rings. The summed E-state index contributed by atoms with van der Waals surface area (Å²) < 4.78 is 15.4. The number of halogens is 1. The fraction of sp³-hybridized carbons (Fsp3) is 0.409. The fourth-order valence-corrected chi connectivity index (χ4v) is 3.92. The number of carbonyl (C=O) groups excluding carboxylic acids is 1.